The molecular weight excluding hydrogens is 172 g/mol. The van der Waals surface area contributed by atoms with Crippen molar-refractivity contribution in [2.45, 2.75) is 59.3 Å². The van der Waals surface area contributed by atoms with Gasteiger partial charge < -0.3 is 0 Å². The lowest BCUT2D eigenvalue weighted by Crippen LogP contribution is -2.20. The Morgan fingerprint density at radius 1 is 1.29 bits per heavy atom. The van der Waals surface area contributed by atoms with E-state index in [-0.39, 0.29) is 0 Å². The summed E-state index contributed by atoms with van der Waals surface area (Å²) in [6, 6.07) is 0. The van der Waals surface area contributed by atoms with Crippen molar-refractivity contribution in [3.8, 4) is 0 Å². The molecule has 1 aliphatic carbocycles. The van der Waals surface area contributed by atoms with Gasteiger partial charge in [-0.15, -0.1) is 0 Å². The minimum absolute atomic E-state index is 0.334. The zero-order valence-corrected chi connectivity index (χ0v) is 9.73. The van der Waals surface area contributed by atoms with E-state index in [2.05, 4.69) is 20.8 Å². The first kappa shape index (κ1) is 11.5. The quantitative estimate of drug-likeness (QED) is 0.666. The van der Waals surface area contributed by atoms with Gasteiger partial charge in [0.25, 0.3) is 0 Å². The third-order valence-corrected chi connectivity index (χ3v) is 3.83. The zero-order valence-electron chi connectivity index (χ0n) is 9.73. The van der Waals surface area contributed by atoms with Crippen molar-refractivity contribution in [3.05, 3.63) is 11.6 Å². The van der Waals surface area contributed by atoms with E-state index in [1.807, 2.05) is 6.08 Å². The fourth-order valence-corrected chi connectivity index (χ4v) is 2.72. The maximum Gasteiger partial charge on any atom is 0.155 e. The SMILES string of the molecule is CCC1=CC(=O)CCCC1(CC)CC. The predicted molar refractivity (Wildman–Crippen MR) is 60.2 cm³/mol. The molecule has 0 aromatic rings. The fraction of sp³-hybridized carbons (Fsp3) is 0.769. The summed E-state index contributed by atoms with van der Waals surface area (Å²) in [5, 5.41) is 0. The number of allylic oxidation sites excluding steroid dienone is 2. The molecule has 0 aromatic carbocycles. The number of hydrogen-bond acceptors (Lipinski definition) is 1. The Morgan fingerprint density at radius 3 is 2.43 bits per heavy atom. The first-order chi connectivity index (χ1) is 6.68. The molecular formula is C13H22O. The third-order valence-electron chi connectivity index (χ3n) is 3.83. The number of rotatable bonds is 3. The lowest BCUT2D eigenvalue weighted by atomic mass is 9.72. The Bertz CT molecular complexity index is 234. The minimum Gasteiger partial charge on any atom is -0.295 e. The van der Waals surface area contributed by atoms with Gasteiger partial charge in [0.1, 0.15) is 0 Å². The highest BCUT2D eigenvalue weighted by atomic mass is 16.1. The average molecular weight is 194 g/mol. The molecule has 0 N–H and O–H groups in total. The van der Waals surface area contributed by atoms with Gasteiger partial charge in [0.2, 0.25) is 0 Å². The van der Waals surface area contributed by atoms with Gasteiger partial charge in [0.15, 0.2) is 5.78 Å². The van der Waals surface area contributed by atoms with Crippen molar-refractivity contribution >= 4 is 5.78 Å². The van der Waals surface area contributed by atoms with Crippen molar-refractivity contribution in [2.75, 3.05) is 0 Å². The molecule has 0 saturated heterocycles. The highest BCUT2D eigenvalue weighted by molar-refractivity contribution is 5.90. The molecule has 1 rings (SSSR count). The molecule has 0 spiro atoms. The van der Waals surface area contributed by atoms with E-state index >= 15 is 0 Å². The maximum atomic E-state index is 11.5. The summed E-state index contributed by atoms with van der Waals surface area (Å²) in [4.78, 5) is 11.5. The summed E-state index contributed by atoms with van der Waals surface area (Å²) in [5.41, 5.74) is 1.73. The van der Waals surface area contributed by atoms with Gasteiger partial charge in [-0.25, -0.2) is 0 Å². The topological polar surface area (TPSA) is 17.1 Å². The van der Waals surface area contributed by atoms with Crippen molar-refractivity contribution < 1.29 is 4.79 Å². The second-order valence-electron chi connectivity index (χ2n) is 4.33. The van der Waals surface area contributed by atoms with Gasteiger partial charge in [0, 0.05) is 6.42 Å². The van der Waals surface area contributed by atoms with Crippen molar-refractivity contribution in [3.63, 3.8) is 0 Å². The number of carbonyl (C=O) groups is 1. The molecule has 0 saturated carbocycles. The molecule has 0 heterocycles. The maximum absolute atomic E-state index is 11.5. The van der Waals surface area contributed by atoms with Crippen LogP contribution in [0.3, 0.4) is 0 Å². The van der Waals surface area contributed by atoms with Crippen LogP contribution in [0.4, 0.5) is 0 Å². The summed E-state index contributed by atoms with van der Waals surface area (Å²) in [6.07, 6.45) is 8.34. The van der Waals surface area contributed by atoms with Crippen molar-refractivity contribution in [2.24, 2.45) is 5.41 Å². The Kier molecular flexibility index (Phi) is 3.91. The second kappa shape index (κ2) is 4.77. The van der Waals surface area contributed by atoms with E-state index in [1.165, 1.54) is 24.8 Å². The summed E-state index contributed by atoms with van der Waals surface area (Å²) in [5.74, 6) is 0.339. The zero-order chi connectivity index (χ0) is 10.6. The smallest absolute Gasteiger partial charge is 0.155 e. The van der Waals surface area contributed by atoms with Crippen LogP contribution in [0.5, 0.6) is 0 Å². The molecule has 0 radical (unpaired) electrons. The Labute approximate surface area is 87.6 Å². The monoisotopic (exact) mass is 194 g/mol. The molecule has 0 atom stereocenters. The van der Waals surface area contributed by atoms with Gasteiger partial charge in [0.05, 0.1) is 0 Å². The Morgan fingerprint density at radius 2 is 1.93 bits per heavy atom. The van der Waals surface area contributed by atoms with E-state index < -0.39 is 0 Å². The van der Waals surface area contributed by atoms with Crippen LogP contribution in [-0.2, 0) is 4.79 Å². The lowest BCUT2D eigenvalue weighted by molar-refractivity contribution is -0.114. The normalized spacial score (nSPS) is 21.6. The van der Waals surface area contributed by atoms with Crippen LogP contribution < -0.4 is 0 Å². The largest absolute Gasteiger partial charge is 0.295 e. The van der Waals surface area contributed by atoms with Crippen molar-refractivity contribution in [1.29, 1.82) is 0 Å². The summed E-state index contributed by atoms with van der Waals surface area (Å²) in [7, 11) is 0. The number of ketones is 1. The van der Waals surface area contributed by atoms with Crippen LogP contribution in [0.15, 0.2) is 11.6 Å². The van der Waals surface area contributed by atoms with Crippen LogP contribution in [-0.4, -0.2) is 5.78 Å². The molecule has 1 aliphatic rings. The fourth-order valence-electron chi connectivity index (χ4n) is 2.72. The van der Waals surface area contributed by atoms with Gasteiger partial charge in [-0.2, -0.15) is 0 Å². The van der Waals surface area contributed by atoms with E-state index in [4.69, 9.17) is 0 Å². The minimum atomic E-state index is 0.334. The van der Waals surface area contributed by atoms with Crippen LogP contribution in [0.25, 0.3) is 0 Å². The van der Waals surface area contributed by atoms with Crippen molar-refractivity contribution in [1.82, 2.24) is 0 Å². The highest BCUT2D eigenvalue weighted by Gasteiger charge is 2.31. The van der Waals surface area contributed by atoms with E-state index in [9.17, 15) is 4.79 Å². The number of carbonyl (C=O) groups excluding carboxylic acids is 1. The van der Waals surface area contributed by atoms with Crippen LogP contribution in [0.2, 0.25) is 0 Å². The highest BCUT2D eigenvalue weighted by Crippen LogP contribution is 2.43. The molecule has 80 valence electrons. The molecule has 0 fully saturated rings. The standard InChI is InChI=1S/C13H22O/c1-4-11-10-12(14)8-7-9-13(11,5-2)6-3/h10H,4-9H2,1-3H3. The Hall–Kier alpha value is -0.590. The van der Waals surface area contributed by atoms with E-state index in [1.54, 1.807) is 0 Å². The molecule has 0 bridgehead atoms. The summed E-state index contributed by atoms with van der Waals surface area (Å²) < 4.78 is 0. The summed E-state index contributed by atoms with van der Waals surface area (Å²) in [6.45, 7) is 6.68. The van der Waals surface area contributed by atoms with Gasteiger partial charge in [-0.3, -0.25) is 4.79 Å². The average Bonchev–Trinajstić information content (AvgIpc) is 2.37. The molecule has 0 amide bonds. The molecule has 1 heteroatoms. The third kappa shape index (κ3) is 2.08. The van der Waals surface area contributed by atoms with Gasteiger partial charge in [-0.05, 0) is 43.6 Å². The summed E-state index contributed by atoms with van der Waals surface area (Å²) >= 11 is 0. The first-order valence-electron chi connectivity index (χ1n) is 5.92. The van der Waals surface area contributed by atoms with Crippen LogP contribution in [0.1, 0.15) is 59.3 Å². The number of hydrogen-bond donors (Lipinski definition) is 0. The second-order valence-corrected chi connectivity index (χ2v) is 4.33. The molecule has 1 nitrogen and oxygen atoms in total. The molecule has 0 aromatic heterocycles. The van der Waals surface area contributed by atoms with Gasteiger partial charge in [-0.1, -0.05) is 26.3 Å². The molecule has 14 heavy (non-hydrogen) atoms. The molecule has 0 aliphatic heterocycles. The van der Waals surface area contributed by atoms with E-state index in [0.29, 0.717) is 11.2 Å². The predicted octanol–water partition coefficient (Wildman–Crippen LogP) is 3.88. The van der Waals surface area contributed by atoms with Crippen LogP contribution >= 0.6 is 0 Å². The first-order valence-corrected chi connectivity index (χ1v) is 5.92. The van der Waals surface area contributed by atoms with Crippen LogP contribution in [0, 0.1) is 5.41 Å². The van der Waals surface area contributed by atoms with E-state index in [0.717, 1.165) is 19.3 Å². The molecule has 0 unspecified atom stereocenters. The Balaban J connectivity index is 3.01. The van der Waals surface area contributed by atoms with Gasteiger partial charge >= 0.3 is 0 Å². The lowest BCUT2D eigenvalue weighted by Gasteiger charge is -2.33.